The van der Waals surface area contributed by atoms with Gasteiger partial charge in [0.2, 0.25) is 0 Å². The van der Waals surface area contributed by atoms with Gasteiger partial charge < -0.3 is 4.98 Å². The average molecular weight is 255 g/mol. The highest BCUT2D eigenvalue weighted by Gasteiger charge is 2.19. The summed E-state index contributed by atoms with van der Waals surface area (Å²) in [5.41, 5.74) is 3.29. The van der Waals surface area contributed by atoms with Crippen LogP contribution in [0.2, 0.25) is 0 Å². The lowest BCUT2D eigenvalue weighted by molar-refractivity contribution is 0.576. The van der Waals surface area contributed by atoms with Crippen LogP contribution in [0, 0.1) is 6.92 Å². The molecule has 0 atom stereocenters. The van der Waals surface area contributed by atoms with Crippen LogP contribution in [0.15, 0.2) is 29.1 Å². The van der Waals surface area contributed by atoms with Crippen molar-refractivity contribution in [1.82, 2.24) is 4.98 Å². The standard InChI is InChI=1S/C17H21NO/c1-12-16(13-8-4-2-3-5-9-13)18-15-11-7-6-10-14(15)17(12)19/h6-7,10-11,13H,2-5,8-9H2,1H3,(H,18,19). The molecule has 0 radical (unpaired) electrons. The van der Waals surface area contributed by atoms with Crippen LogP contribution in [-0.4, -0.2) is 4.98 Å². The first-order chi connectivity index (χ1) is 9.27. The number of nitrogens with one attached hydrogen (secondary N) is 1. The summed E-state index contributed by atoms with van der Waals surface area (Å²) in [6.45, 7) is 1.98. The Balaban J connectivity index is 2.12. The third-order valence-corrected chi connectivity index (χ3v) is 4.45. The fourth-order valence-corrected chi connectivity index (χ4v) is 3.33. The summed E-state index contributed by atoms with van der Waals surface area (Å²) >= 11 is 0. The van der Waals surface area contributed by atoms with Crippen LogP contribution in [0.5, 0.6) is 0 Å². The number of fused-ring (bicyclic) bond motifs is 1. The van der Waals surface area contributed by atoms with Crippen molar-refractivity contribution in [3.05, 3.63) is 45.7 Å². The van der Waals surface area contributed by atoms with Gasteiger partial charge in [0.25, 0.3) is 0 Å². The van der Waals surface area contributed by atoms with E-state index < -0.39 is 0 Å². The number of benzene rings is 1. The average Bonchev–Trinajstić information content (AvgIpc) is 2.72. The van der Waals surface area contributed by atoms with Crippen molar-refractivity contribution in [3.63, 3.8) is 0 Å². The number of para-hydroxylation sites is 1. The van der Waals surface area contributed by atoms with Crippen LogP contribution in [-0.2, 0) is 0 Å². The van der Waals surface area contributed by atoms with E-state index in [2.05, 4.69) is 4.98 Å². The van der Waals surface area contributed by atoms with E-state index in [1.165, 1.54) is 44.2 Å². The van der Waals surface area contributed by atoms with Gasteiger partial charge in [0.1, 0.15) is 0 Å². The highest BCUT2D eigenvalue weighted by atomic mass is 16.1. The highest BCUT2D eigenvalue weighted by molar-refractivity contribution is 5.79. The molecule has 1 aromatic heterocycles. The molecule has 2 heteroatoms. The zero-order chi connectivity index (χ0) is 13.2. The van der Waals surface area contributed by atoms with Crippen LogP contribution in [0.3, 0.4) is 0 Å². The third-order valence-electron chi connectivity index (χ3n) is 4.45. The first kappa shape index (κ1) is 12.5. The molecule has 0 amide bonds. The topological polar surface area (TPSA) is 32.9 Å². The van der Waals surface area contributed by atoms with Gasteiger partial charge in [-0.1, -0.05) is 37.8 Å². The van der Waals surface area contributed by atoms with Gasteiger partial charge in [0.15, 0.2) is 5.43 Å². The molecule has 0 bridgehead atoms. The van der Waals surface area contributed by atoms with Gasteiger partial charge in [-0.2, -0.15) is 0 Å². The lowest BCUT2D eigenvalue weighted by Gasteiger charge is -2.17. The molecule has 1 fully saturated rings. The molecular formula is C17H21NO. The lowest BCUT2D eigenvalue weighted by atomic mass is 9.92. The van der Waals surface area contributed by atoms with Crippen LogP contribution in [0.25, 0.3) is 10.9 Å². The Kier molecular flexibility index (Phi) is 3.41. The van der Waals surface area contributed by atoms with Crippen molar-refractivity contribution >= 4 is 10.9 Å². The van der Waals surface area contributed by atoms with E-state index in [0.717, 1.165) is 16.5 Å². The van der Waals surface area contributed by atoms with Crippen LogP contribution >= 0.6 is 0 Å². The number of aromatic amines is 1. The molecule has 100 valence electrons. The summed E-state index contributed by atoms with van der Waals surface area (Å²) in [5, 5.41) is 0.817. The Morgan fingerprint density at radius 3 is 2.47 bits per heavy atom. The van der Waals surface area contributed by atoms with Crippen molar-refractivity contribution in [3.8, 4) is 0 Å². The Morgan fingerprint density at radius 2 is 1.74 bits per heavy atom. The normalized spacial score (nSPS) is 17.5. The molecule has 0 aliphatic heterocycles. The molecule has 2 aromatic rings. The molecule has 19 heavy (non-hydrogen) atoms. The summed E-state index contributed by atoms with van der Waals surface area (Å²) in [5.74, 6) is 0.541. The maximum atomic E-state index is 12.5. The molecule has 0 unspecified atom stereocenters. The van der Waals surface area contributed by atoms with Gasteiger partial charge >= 0.3 is 0 Å². The molecule has 3 rings (SSSR count). The quantitative estimate of drug-likeness (QED) is 0.758. The number of hydrogen-bond acceptors (Lipinski definition) is 1. The second-order valence-corrected chi connectivity index (χ2v) is 5.73. The van der Waals surface area contributed by atoms with E-state index in [1.807, 2.05) is 31.2 Å². The number of hydrogen-bond donors (Lipinski definition) is 1. The van der Waals surface area contributed by atoms with Crippen LogP contribution in [0.4, 0.5) is 0 Å². The molecule has 0 spiro atoms. The SMILES string of the molecule is Cc1c(C2CCCCCC2)[nH]c2ccccc2c1=O. The molecule has 1 aromatic carbocycles. The summed E-state index contributed by atoms with van der Waals surface area (Å²) < 4.78 is 0. The van der Waals surface area contributed by atoms with Crippen molar-refractivity contribution in [2.45, 2.75) is 51.4 Å². The predicted octanol–water partition coefficient (Wildman–Crippen LogP) is 4.27. The first-order valence-corrected chi connectivity index (χ1v) is 7.39. The van der Waals surface area contributed by atoms with Crippen molar-refractivity contribution in [2.75, 3.05) is 0 Å². The maximum absolute atomic E-state index is 12.5. The number of aromatic nitrogens is 1. The van der Waals surface area contributed by atoms with Gasteiger partial charge in [-0.25, -0.2) is 0 Å². The van der Waals surface area contributed by atoms with E-state index in [9.17, 15) is 4.79 Å². The second-order valence-electron chi connectivity index (χ2n) is 5.73. The largest absolute Gasteiger partial charge is 0.358 e. The zero-order valence-corrected chi connectivity index (χ0v) is 11.5. The molecule has 1 aliphatic rings. The van der Waals surface area contributed by atoms with E-state index in [0.29, 0.717) is 5.92 Å². The van der Waals surface area contributed by atoms with Crippen molar-refractivity contribution in [1.29, 1.82) is 0 Å². The maximum Gasteiger partial charge on any atom is 0.192 e. The highest BCUT2D eigenvalue weighted by Crippen LogP contribution is 2.32. The molecular weight excluding hydrogens is 234 g/mol. The van der Waals surface area contributed by atoms with Gasteiger partial charge in [-0.3, -0.25) is 4.79 Å². The fourth-order valence-electron chi connectivity index (χ4n) is 3.33. The van der Waals surface area contributed by atoms with E-state index >= 15 is 0 Å². The molecule has 1 N–H and O–H groups in total. The molecule has 1 aliphatic carbocycles. The minimum absolute atomic E-state index is 0.202. The van der Waals surface area contributed by atoms with E-state index in [1.54, 1.807) is 0 Å². The minimum Gasteiger partial charge on any atom is -0.358 e. The summed E-state index contributed by atoms with van der Waals surface area (Å²) in [7, 11) is 0. The van der Waals surface area contributed by atoms with Gasteiger partial charge in [0.05, 0.1) is 0 Å². The first-order valence-electron chi connectivity index (χ1n) is 7.39. The Labute approximate surface area is 113 Å². The fraction of sp³-hybridized carbons (Fsp3) is 0.471. The molecule has 1 saturated carbocycles. The smallest absolute Gasteiger partial charge is 0.192 e. The molecule has 1 heterocycles. The summed E-state index contributed by atoms with van der Waals surface area (Å²) in [6, 6.07) is 7.85. The molecule has 2 nitrogen and oxygen atoms in total. The van der Waals surface area contributed by atoms with Gasteiger partial charge in [0, 0.05) is 22.2 Å². The predicted molar refractivity (Wildman–Crippen MR) is 79.7 cm³/mol. The number of H-pyrrole nitrogens is 1. The minimum atomic E-state index is 0.202. The summed E-state index contributed by atoms with van der Waals surface area (Å²) in [6.07, 6.45) is 7.70. The zero-order valence-electron chi connectivity index (χ0n) is 11.5. The Morgan fingerprint density at radius 1 is 1.05 bits per heavy atom. The van der Waals surface area contributed by atoms with Crippen LogP contribution in [0.1, 0.15) is 55.7 Å². The second kappa shape index (κ2) is 5.20. The monoisotopic (exact) mass is 255 g/mol. The van der Waals surface area contributed by atoms with E-state index in [4.69, 9.17) is 0 Å². The molecule has 0 saturated heterocycles. The van der Waals surface area contributed by atoms with Crippen molar-refractivity contribution in [2.24, 2.45) is 0 Å². The Bertz CT molecular complexity index is 633. The number of pyridine rings is 1. The Hall–Kier alpha value is -1.57. The third kappa shape index (κ3) is 2.32. The van der Waals surface area contributed by atoms with E-state index in [-0.39, 0.29) is 5.43 Å². The summed E-state index contributed by atoms with van der Waals surface area (Å²) in [4.78, 5) is 16.0. The van der Waals surface area contributed by atoms with Crippen LogP contribution < -0.4 is 5.43 Å². The number of rotatable bonds is 1. The van der Waals surface area contributed by atoms with Gasteiger partial charge in [-0.05, 0) is 37.8 Å². The van der Waals surface area contributed by atoms with Gasteiger partial charge in [-0.15, -0.1) is 0 Å². The lowest BCUT2D eigenvalue weighted by Crippen LogP contribution is -2.14. The van der Waals surface area contributed by atoms with Crippen molar-refractivity contribution < 1.29 is 0 Å².